The van der Waals surface area contributed by atoms with E-state index in [0.29, 0.717) is 11.3 Å². The lowest BCUT2D eigenvalue weighted by molar-refractivity contribution is 0.0901. The van der Waals surface area contributed by atoms with Crippen molar-refractivity contribution in [3.05, 3.63) is 99.6 Å². The molecule has 2 heterocycles. The molecule has 0 radical (unpaired) electrons. The van der Waals surface area contributed by atoms with Gasteiger partial charge in [-0.3, -0.25) is 14.2 Å². The number of amides is 1. The van der Waals surface area contributed by atoms with Crippen LogP contribution < -0.4 is 10.9 Å². The van der Waals surface area contributed by atoms with E-state index in [0.717, 1.165) is 19.3 Å². The molecule has 1 saturated carbocycles. The van der Waals surface area contributed by atoms with Gasteiger partial charge in [-0.2, -0.15) is 0 Å². The van der Waals surface area contributed by atoms with Crippen molar-refractivity contribution in [1.29, 1.82) is 0 Å². The molecule has 8 heteroatoms. The minimum atomic E-state index is -0.747. The van der Waals surface area contributed by atoms with Gasteiger partial charge in [-0.05, 0) is 55.5 Å². The van der Waals surface area contributed by atoms with Crippen molar-refractivity contribution >= 4 is 16.7 Å². The highest BCUT2D eigenvalue weighted by molar-refractivity contribution is 6.08. The second-order valence-corrected chi connectivity index (χ2v) is 8.84. The molecule has 2 N–H and O–H groups in total. The Bertz CT molecular complexity index is 1490. The van der Waals surface area contributed by atoms with Crippen LogP contribution in [0.2, 0.25) is 0 Å². The number of carbonyl (C=O) groups excluding carboxylic acids is 1. The van der Waals surface area contributed by atoms with E-state index < -0.39 is 29.1 Å². The number of halogens is 2. The molecule has 0 unspecified atom stereocenters. The maximum Gasteiger partial charge on any atom is 0.266 e. The average Bonchev–Trinajstić information content (AvgIpc) is 2.78. The first kappa shape index (κ1) is 22.7. The first-order valence-corrected chi connectivity index (χ1v) is 11.4. The van der Waals surface area contributed by atoms with Gasteiger partial charge in [-0.1, -0.05) is 30.7 Å². The fourth-order valence-corrected chi connectivity index (χ4v) is 4.79. The molecule has 178 valence electrons. The van der Waals surface area contributed by atoms with Crippen molar-refractivity contribution in [1.82, 2.24) is 14.9 Å². The lowest BCUT2D eigenvalue weighted by Gasteiger charge is -2.35. The van der Waals surface area contributed by atoms with E-state index >= 15 is 0 Å². The largest absolute Gasteiger partial charge is 0.493 e. The summed E-state index contributed by atoms with van der Waals surface area (Å²) in [5.41, 5.74) is 0.746. The number of hydrogen-bond donors (Lipinski definition) is 2. The van der Waals surface area contributed by atoms with E-state index in [1.165, 1.54) is 47.2 Å². The molecule has 0 aliphatic heterocycles. The number of pyridine rings is 2. The zero-order chi connectivity index (χ0) is 24.7. The van der Waals surface area contributed by atoms with Gasteiger partial charge in [0.1, 0.15) is 11.6 Å². The van der Waals surface area contributed by atoms with E-state index in [9.17, 15) is 23.5 Å². The summed E-state index contributed by atoms with van der Waals surface area (Å²) in [5.74, 6) is -1.71. The number of fused-ring (bicyclic) bond motifs is 1. The van der Waals surface area contributed by atoms with E-state index in [1.54, 1.807) is 25.1 Å². The number of carbonyl (C=O) groups is 1. The van der Waals surface area contributed by atoms with Crippen molar-refractivity contribution < 1.29 is 18.7 Å². The summed E-state index contributed by atoms with van der Waals surface area (Å²) >= 11 is 0. The Balaban J connectivity index is 1.67. The predicted octanol–water partition coefficient (Wildman–Crippen LogP) is 4.95. The van der Waals surface area contributed by atoms with Crippen molar-refractivity contribution in [2.45, 2.75) is 32.2 Å². The molecule has 0 saturated heterocycles. The maximum atomic E-state index is 14.9. The third-order valence-electron chi connectivity index (χ3n) is 6.73. The summed E-state index contributed by atoms with van der Waals surface area (Å²) in [5, 5.41) is 12.6. The van der Waals surface area contributed by atoms with E-state index in [2.05, 4.69) is 10.3 Å². The van der Waals surface area contributed by atoms with Gasteiger partial charge in [-0.25, -0.2) is 13.8 Å². The summed E-state index contributed by atoms with van der Waals surface area (Å²) in [7, 11) is 0. The van der Waals surface area contributed by atoms with Crippen LogP contribution in [-0.2, 0) is 0 Å². The molecule has 1 atom stereocenters. The normalized spacial score (nSPS) is 14.5. The predicted molar refractivity (Wildman–Crippen MR) is 128 cm³/mol. The van der Waals surface area contributed by atoms with Crippen molar-refractivity contribution in [2.75, 3.05) is 0 Å². The Kier molecular flexibility index (Phi) is 5.80. The average molecular weight is 475 g/mol. The van der Waals surface area contributed by atoms with Crippen LogP contribution in [0.3, 0.4) is 0 Å². The Hall–Kier alpha value is -4.07. The van der Waals surface area contributed by atoms with Crippen molar-refractivity contribution in [3.8, 4) is 11.6 Å². The monoisotopic (exact) mass is 475 g/mol. The topological polar surface area (TPSA) is 84.2 Å². The smallest absolute Gasteiger partial charge is 0.266 e. The van der Waals surface area contributed by atoms with Crippen LogP contribution >= 0.6 is 0 Å². The lowest BCUT2D eigenvalue weighted by Crippen LogP contribution is -2.37. The number of aromatic hydroxyl groups is 1. The van der Waals surface area contributed by atoms with Crippen LogP contribution in [0.25, 0.3) is 16.5 Å². The van der Waals surface area contributed by atoms with Gasteiger partial charge in [0.15, 0.2) is 0 Å². The maximum absolute atomic E-state index is 14.9. The lowest BCUT2D eigenvalue weighted by atomic mass is 9.77. The molecular weight excluding hydrogens is 452 g/mol. The number of nitrogens with zero attached hydrogens (tertiary/aromatic N) is 2. The van der Waals surface area contributed by atoms with Gasteiger partial charge in [0.2, 0.25) is 5.88 Å². The van der Waals surface area contributed by atoms with E-state index in [-0.39, 0.29) is 33.8 Å². The number of nitrogens with one attached hydrogen (secondary N) is 1. The molecule has 1 aliphatic rings. The van der Waals surface area contributed by atoms with Crippen LogP contribution in [0, 0.1) is 24.5 Å². The van der Waals surface area contributed by atoms with Gasteiger partial charge >= 0.3 is 0 Å². The molecule has 0 bridgehead atoms. The highest BCUT2D eigenvalue weighted by Crippen LogP contribution is 2.38. The molecule has 1 amide bonds. The van der Waals surface area contributed by atoms with Crippen molar-refractivity contribution in [3.63, 3.8) is 0 Å². The fourth-order valence-electron chi connectivity index (χ4n) is 4.79. The number of benzene rings is 2. The molecule has 2 aromatic carbocycles. The molecule has 2 aromatic heterocycles. The van der Waals surface area contributed by atoms with Crippen LogP contribution in [0.1, 0.15) is 46.9 Å². The zero-order valence-electron chi connectivity index (χ0n) is 19.0. The summed E-state index contributed by atoms with van der Waals surface area (Å²) in [6.45, 7) is 1.61. The third kappa shape index (κ3) is 4.05. The summed E-state index contributed by atoms with van der Waals surface area (Å²) in [4.78, 5) is 30.9. The van der Waals surface area contributed by atoms with E-state index in [4.69, 9.17) is 0 Å². The summed E-state index contributed by atoms with van der Waals surface area (Å²) in [6.07, 6.45) is 4.10. The molecule has 6 nitrogen and oxygen atoms in total. The first-order chi connectivity index (χ1) is 16.8. The highest BCUT2D eigenvalue weighted by Gasteiger charge is 2.32. The Morgan fingerprint density at radius 2 is 1.91 bits per heavy atom. The standard InChI is InChI=1S/C27H23F2N3O3/c1-15-23(26(34)31-25(16-5-2-6-16)17-7-3-8-18(28)13-17)20-9-4-10-21(29)24(20)27(35)32(15)19-11-12-22(33)30-14-19/h3-4,7-14,16,25H,2,5-6H2,1H3,(H,30,33)(H,31,34)/t25-/m0/s1. The van der Waals surface area contributed by atoms with E-state index in [1.807, 2.05) is 0 Å². The number of aromatic nitrogens is 2. The van der Waals surface area contributed by atoms with Crippen LogP contribution in [-0.4, -0.2) is 20.6 Å². The van der Waals surface area contributed by atoms with Crippen LogP contribution in [0.15, 0.2) is 65.6 Å². The fraction of sp³-hybridized carbons (Fsp3) is 0.222. The second kappa shape index (κ2) is 8.94. The van der Waals surface area contributed by atoms with Gasteiger partial charge in [0.25, 0.3) is 11.5 Å². The quantitative estimate of drug-likeness (QED) is 0.428. The summed E-state index contributed by atoms with van der Waals surface area (Å²) < 4.78 is 30.1. The summed E-state index contributed by atoms with van der Waals surface area (Å²) in [6, 6.07) is 12.7. The van der Waals surface area contributed by atoms with Gasteiger partial charge in [-0.15, -0.1) is 0 Å². The Morgan fingerprint density at radius 1 is 1.14 bits per heavy atom. The SMILES string of the molecule is Cc1c(C(=O)N[C@H](c2cccc(F)c2)C2CCC2)c2cccc(F)c2c(=O)n1-c1ccc(O)nc1. The van der Waals surface area contributed by atoms with Gasteiger partial charge < -0.3 is 10.4 Å². The first-order valence-electron chi connectivity index (χ1n) is 11.4. The zero-order valence-corrected chi connectivity index (χ0v) is 19.0. The Morgan fingerprint density at radius 3 is 2.57 bits per heavy atom. The molecule has 4 aromatic rings. The number of rotatable bonds is 5. The molecule has 35 heavy (non-hydrogen) atoms. The van der Waals surface area contributed by atoms with Gasteiger partial charge in [0.05, 0.1) is 28.9 Å². The minimum Gasteiger partial charge on any atom is -0.493 e. The molecule has 0 spiro atoms. The van der Waals surface area contributed by atoms with Crippen LogP contribution in [0.4, 0.5) is 8.78 Å². The minimum absolute atomic E-state index is 0.146. The molecule has 5 rings (SSSR count). The second-order valence-electron chi connectivity index (χ2n) is 8.84. The molecule has 1 aliphatic carbocycles. The Labute approximate surface area is 199 Å². The molecular formula is C27H23F2N3O3. The highest BCUT2D eigenvalue weighted by atomic mass is 19.1. The van der Waals surface area contributed by atoms with Crippen LogP contribution in [0.5, 0.6) is 5.88 Å². The van der Waals surface area contributed by atoms with Gasteiger partial charge in [0, 0.05) is 17.1 Å². The number of hydrogen-bond acceptors (Lipinski definition) is 4. The van der Waals surface area contributed by atoms with Crippen molar-refractivity contribution in [2.24, 2.45) is 5.92 Å². The third-order valence-corrected chi connectivity index (χ3v) is 6.73. The molecule has 1 fully saturated rings.